The Morgan fingerprint density at radius 2 is 2.20 bits per heavy atom. The molecule has 1 heterocycles. The molecule has 1 aromatic rings. The lowest BCUT2D eigenvalue weighted by Crippen LogP contribution is -2.18. The maximum atomic E-state index is 11.5. The molecular formula is C12H14O3. The van der Waals surface area contributed by atoms with Crippen LogP contribution in [0, 0.1) is 0 Å². The van der Waals surface area contributed by atoms with Gasteiger partial charge >= 0.3 is 5.97 Å². The van der Waals surface area contributed by atoms with Crippen molar-refractivity contribution in [2.45, 2.75) is 32.0 Å². The van der Waals surface area contributed by atoms with Crippen LogP contribution >= 0.6 is 0 Å². The number of carbonyl (C=O) groups is 1. The Morgan fingerprint density at radius 1 is 1.47 bits per heavy atom. The molecule has 0 aliphatic carbocycles. The molecule has 80 valence electrons. The lowest BCUT2D eigenvalue weighted by Gasteiger charge is -2.17. The van der Waals surface area contributed by atoms with E-state index in [0.29, 0.717) is 12.0 Å². The van der Waals surface area contributed by atoms with Gasteiger partial charge in [-0.3, -0.25) is 0 Å². The van der Waals surface area contributed by atoms with E-state index < -0.39 is 12.2 Å². The molecule has 3 nitrogen and oxygen atoms in total. The van der Waals surface area contributed by atoms with Crippen LogP contribution in [0.25, 0.3) is 0 Å². The molecule has 2 atom stereocenters. The number of carbonyl (C=O) groups excluding carboxylic acids is 1. The second kappa shape index (κ2) is 4.03. The third kappa shape index (κ3) is 1.75. The standard InChI is InChI=1S/C12H14O3/c1-2-5-10(13)11-8-6-3-4-7-9(8)12(14)15-11/h3-4,6-7,10-11,13H,2,5H2,1H3. The van der Waals surface area contributed by atoms with Gasteiger partial charge in [-0.25, -0.2) is 4.79 Å². The molecule has 0 fully saturated rings. The number of fused-ring (bicyclic) bond motifs is 1. The van der Waals surface area contributed by atoms with Gasteiger partial charge < -0.3 is 9.84 Å². The average molecular weight is 206 g/mol. The minimum absolute atomic E-state index is 0.328. The maximum absolute atomic E-state index is 11.5. The quantitative estimate of drug-likeness (QED) is 0.770. The van der Waals surface area contributed by atoms with Crippen molar-refractivity contribution in [1.82, 2.24) is 0 Å². The lowest BCUT2D eigenvalue weighted by atomic mass is 9.99. The third-order valence-corrected chi connectivity index (χ3v) is 2.66. The molecule has 1 aliphatic rings. The summed E-state index contributed by atoms with van der Waals surface area (Å²) >= 11 is 0. The first-order valence-electron chi connectivity index (χ1n) is 5.22. The predicted molar refractivity (Wildman–Crippen MR) is 55.5 cm³/mol. The van der Waals surface area contributed by atoms with Crippen molar-refractivity contribution >= 4 is 5.97 Å². The third-order valence-electron chi connectivity index (χ3n) is 2.66. The Hall–Kier alpha value is -1.35. The zero-order chi connectivity index (χ0) is 10.8. The van der Waals surface area contributed by atoms with Crippen molar-refractivity contribution < 1.29 is 14.6 Å². The number of aliphatic hydroxyl groups is 1. The number of esters is 1. The number of benzene rings is 1. The summed E-state index contributed by atoms with van der Waals surface area (Å²) in [6.45, 7) is 1.99. The van der Waals surface area contributed by atoms with Crippen molar-refractivity contribution in [2.24, 2.45) is 0 Å². The Morgan fingerprint density at radius 3 is 2.93 bits per heavy atom. The van der Waals surface area contributed by atoms with Crippen LogP contribution in [0.2, 0.25) is 0 Å². The summed E-state index contributed by atoms with van der Waals surface area (Å²) in [5.74, 6) is -0.328. The number of hydrogen-bond donors (Lipinski definition) is 1. The molecule has 0 saturated heterocycles. The van der Waals surface area contributed by atoms with Crippen LogP contribution in [0.1, 0.15) is 41.8 Å². The molecule has 2 unspecified atom stereocenters. The van der Waals surface area contributed by atoms with Gasteiger partial charge in [-0.2, -0.15) is 0 Å². The topological polar surface area (TPSA) is 46.5 Å². The van der Waals surface area contributed by atoms with Crippen LogP contribution in [0.5, 0.6) is 0 Å². The highest BCUT2D eigenvalue weighted by atomic mass is 16.6. The summed E-state index contributed by atoms with van der Waals surface area (Å²) in [6.07, 6.45) is 0.445. The van der Waals surface area contributed by atoms with E-state index >= 15 is 0 Å². The molecule has 0 radical (unpaired) electrons. The van der Waals surface area contributed by atoms with Gasteiger partial charge in [0.05, 0.1) is 11.7 Å². The number of hydrogen-bond acceptors (Lipinski definition) is 3. The van der Waals surface area contributed by atoms with Crippen LogP contribution in [-0.4, -0.2) is 17.2 Å². The zero-order valence-corrected chi connectivity index (χ0v) is 8.64. The summed E-state index contributed by atoms with van der Waals surface area (Å²) in [5.41, 5.74) is 1.39. The number of aliphatic hydroxyl groups excluding tert-OH is 1. The van der Waals surface area contributed by atoms with E-state index in [1.807, 2.05) is 19.1 Å². The first-order valence-corrected chi connectivity index (χ1v) is 5.22. The van der Waals surface area contributed by atoms with Gasteiger partial charge in [0.1, 0.15) is 0 Å². The second-order valence-corrected chi connectivity index (χ2v) is 3.77. The summed E-state index contributed by atoms with van der Waals surface area (Å²) in [6, 6.07) is 7.22. The number of ether oxygens (including phenoxy) is 1. The second-order valence-electron chi connectivity index (χ2n) is 3.77. The largest absolute Gasteiger partial charge is 0.451 e. The molecule has 0 spiro atoms. The fraction of sp³-hybridized carbons (Fsp3) is 0.417. The molecule has 1 aromatic carbocycles. The first-order chi connectivity index (χ1) is 7.24. The van der Waals surface area contributed by atoms with E-state index in [1.165, 1.54) is 0 Å². The molecule has 3 heteroatoms. The fourth-order valence-electron chi connectivity index (χ4n) is 1.91. The van der Waals surface area contributed by atoms with Gasteiger partial charge in [0.25, 0.3) is 0 Å². The summed E-state index contributed by atoms with van der Waals surface area (Å²) < 4.78 is 5.16. The molecule has 15 heavy (non-hydrogen) atoms. The van der Waals surface area contributed by atoms with Crippen LogP contribution < -0.4 is 0 Å². The van der Waals surface area contributed by atoms with E-state index in [1.54, 1.807) is 12.1 Å². The highest BCUT2D eigenvalue weighted by Crippen LogP contribution is 2.34. The van der Waals surface area contributed by atoms with Gasteiger partial charge in [0.2, 0.25) is 0 Å². The highest BCUT2D eigenvalue weighted by molar-refractivity contribution is 5.94. The van der Waals surface area contributed by atoms with Crippen molar-refractivity contribution in [2.75, 3.05) is 0 Å². The minimum Gasteiger partial charge on any atom is -0.451 e. The Labute approximate surface area is 88.7 Å². The summed E-state index contributed by atoms with van der Waals surface area (Å²) in [4.78, 5) is 11.5. The molecule has 0 saturated carbocycles. The van der Waals surface area contributed by atoms with E-state index in [2.05, 4.69) is 0 Å². The van der Waals surface area contributed by atoms with Crippen molar-refractivity contribution in [3.8, 4) is 0 Å². The lowest BCUT2D eigenvalue weighted by molar-refractivity contribution is -0.0122. The molecule has 0 bridgehead atoms. The van der Waals surface area contributed by atoms with Crippen LogP contribution in [0.15, 0.2) is 24.3 Å². The maximum Gasteiger partial charge on any atom is 0.339 e. The van der Waals surface area contributed by atoms with Gasteiger partial charge in [-0.05, 0) is 12.5 Å². The summed E-state index contributed by atoms with van der Waals surface area (Å²) in [7, 11) is 0. The van der Waals surface area contributed by atoms with Crippen molar-refractivity contribution in [1.29, 1.82) is 0 Å². The van der Waals surface area contributed by atoms with E-state index in [9.17, 15) is 9.90 Å². The van der Waals surface area contributed by atoms with Gasteiger partial charge in [-0.1, -0.05) is 31.5 Å². The van der Waals surface area contributed by atoms with E-state index in [4.69, 9.17) is 4.74 Å². The smallest absolute Gasteiger partial charge is 0.339 e. The number of rotatable bonds is 3. The average Bonchev–Trinajstić information content (AvgIpc) is 2.58. The van der Waals surface area contributed by atoms with E-state index in [0.717, 1.165) is 12.0 Å². The van der Waals surface area contributed by atoms with Crippen LogP contribution in [0.4, 0.5) is 0 Å². The molecule has 0 aromatic heterocycles. The van der Waals surface area contributed by atoms with Crippen LogP contribution in [0.3, 0.4) is 0 Å². The predicted octanol–water partition coefficient (Wildman–Crippen LogP) is 2.06. The molecular weight excluding hydrogens is 192 g/mol. The monoisotopic (exact) mass is 206 g/mol. The highest BCUT2D eigenvalue weighted by Gasteiger charge is 2.34. The summed E-state index contributed by atoms with van der Waals surface area (Å²) in [5, 5.41) is 9.84. The number of cyclic esters (lactones) is 1. The zero-order valence-electron chi connectivity index (χ0n) is 8.64. The van der Waals surface area contributed by atoms with Crippen molar-refractivity contribution in [3.05, 3.63) is 35.4 Å². The van der Waals surface area contributed by atoms with Gasteiger partial charge in [0, 0.05) is 5.56 Å². The minimum atomic E-state index is -0.595. The van der Waals surface area contributed by atoms with Gasteiger partial charge in [0.15, 0.2) is 6.10 Å². The fourth-order valence-corrected chi connectivity index (χ4v) is 1.91. The Bertz CT molecular complexity index is 373. The first kappa shape index (κ1) is 10.2. The molecule has 1 aliphatic heterocycles. The van der Waals surface area contributed by atoms with Gasteiger partial charge in [-0.15, -0.1) is 0 Å². The molecule has 1 N–H and O–H groups in total. The SMILES string of the molecule is CCCC(O)C1OC(=O)c2ccccc21. The van der Waals surface area contributed by atoms with Crippen molar-refractivity contribution in [3.63, 3.8) is 0 Å². The molecule has 0 amide bonds. The molecule has 2 rings (SSSR count). The van der Waals surface area contributed by atoms with Crippen LogP contribution in [-0.2, 0) is 4.74 Å². The van der Waals surface area contributed by atoms with E-state index in [-0.39, 0.29) is 5.97 Å². The Balaban J connectivity index is 2.28. The Kier molecular flexibility index (Phi) is 2.73. The normalized spacial score (nSPS) is 20.9.